The van der Waals surface area contributed by atoms with Crippen LogP contribution in [0.1, 0.15) is 37.6 Å². The summed E-state index contributed by atoms with van der Waals surface area (Å²) >= 11 is 12.0. The van der Waals surface area contributed by atoms with Crippen molar-refractivity contribution in [2.75, 3.05) is 13.1 Å². The molecule has 0 saturated carbocycles. The summed E-state index contributed by atoms with van der Waals surface area (Å²) in [5, 5.41) is 0.985. The molecular weight excluding hydrogens is 281 g/mol. The van der Waals surface area contributed by atoms with Gasteiger partial charge in [-0.3, -0.25) is 9.69 Å². The summed E-state index contributed by atoms with van der Waals surface area (Å²) in [6.45, 7) is 8.34. The number of rotatable bonds is 3. The zero-order chi connectivity index (χ0) is 14.2. The van der Waals surface area contributed by atoms with Gasteiger partial charge in [0.15, 0.2) is 5.78 Å². The van der Waals surface area contributed by atoms with E-state index in [1.807, 2.05) is 6.92 Å². The predicted octanol–water partition coefficient (Wildman–Crippen LogP) is 4.30. The van der Waals surface area contributed by atoms with Crippen LogP contribution in [0, 0.1) is 5.41 Å². The molecule has 0 amide bonds. The predicted molar refractivity (Wildman–Crippen MR) is 80.2 cm³/mol. The average Bonchev–Trinajstić information content (AvgIpc) is 2.68. The van der Waals surface area contributed by atoms with E-state index in [-0.39, 0.29) is 11.8 Å². The third-order valence-electron chi connectivity index (χ3n) is 3.83. The Morgan fingerprint density at radius 3 is 2.58 bits per heavy atom. The maximum Gasteiger partial charge on any atom is 0.181 e. The molecule has 1 aliphatic heterocycles. The van der Waals surface area contributed by atoms with Crippen molar-refractivity contribution in [1.29, 1.82) is 0 Å². The Morgan fingerprint density at radius 2 is 2.05 bits per heavy atom. The summed E-state index contributed by atoms with van der Waals surface area (Å²) in [4.78, 5) is 14.7. The molecule has 1 saturated heterocycles. The molecule has 0 aliphatic carbocycles. The van der Waals surface area contributed by atoms with E-state index in [4.69, 9.17) is 23.2 Å². The van der Waals surface area contributed by atoms with Crippen LogP contribution in [0.4, 0.5) is 0 Å². The van der Waals surface area contributed by atoms with E-state index in [1.54, 1.807) is 18.2 Å². The molecule has 2 rings (SSSR count). The Balaban J connectivity index is 2.15. The molecule has 1 fully saturated rings. The average molecular weight is 300 g/mol. The minimum absolute atomic E-state index is 0.0689. The van der Waals surface area contributed by atoms with Crippen LogP contribution in [0.3, 0.4) is 0 Å². The quantitative estimate of drug-likeness (QED) is 0.776. The second-order valence-corrected chi connectivity index (χ2v) is 6.89. The molecular formula is C15H19Cl2NO. The number of carbonyl (C=O) groups is 1. The first-order chi connectivity index (χ1) is 8.80. The number of carbonyl (C=O) groups excluding carboxylic acids is 1. The van der Waals surface area contributed by atoms with Crippen molar-refractivity contribution in [3.63, 3.8) is 0 Å². The molecule has 1 aromatic carbocycles. The van der Waals surface area contributed by atoms with Crippen LogP contribution in [-0.2, 0) is 0 Å². The van der Waals surface area contributed by atoms with Gasteiger partial charge in [-0.05, 0) is 43.5 Å². The SMILES string of the molecule is CC(C(=O)c1ccc(Cl)cc1Cl)N1CCC(C)(C)C1. The van der Waals surface area contributed by atoms with Crippen molar-refractivity contribution in [2.45, 2.75) is 33.2 Å². The molecule has 0 N–H and O–H groups in total. The number of benzene rings is 1. The summed E-state index contributed by atoms with van der Waals surface area (Å²) in [6.07, 6.45) is 1.12. The Labute approximate surface area is 124 Å². The van der Waals surface area contributed by atoms with Crippen molar-refractivity contribution in [2.24, 2.45) is 5.41 Å². The van der Waals surface area contributed by atoms with Crippen LogP contribution >= 0.6 is 23.2 Å². The lowest BCUT2D eigenvalue weighted by atomic mass is 9.93. The number of hydrogen-bond donors (Lipinski definition) is 0. The molecule has 0 radical (unpaired) electrons. The molecule has 0 bridgehead atoms. The fraction of sp³-hybridized carbons (Fsp3) is 0.533. The van der Waals surface area contributed by atoms with Gasteiger partial charge in [-0.1, -0.05) is 37.0 Å². The number of halogens is 2. The van der Waals surface area contributed by atoms with Gasteiger partial charge < -0.3 is 0 Å². The normalized spacial score (nSPS) is 20.5. The van der Waals surface area contributed by atoms with Gasteiger partial charge in [0.05, 0.1) is 11.1 Å². The molecule has 1 aliphatic rings. The molecule has 0 spiro atoms. The third-order valence-corrected chi connectivity index (χ3v) is 4.38. The molecule has 104 valence electrons. The van der Waals surface area contributed by atoms with Gasteiger partial charge in [0.25, 0.3) is 0 Å². The summed E-state index contributed by atoms with van der Waals surface area (Å²) in [5.41, 5.74) is 0.849. The van der Waals surface area contributed by atoms with E-state index in [1.165, 1.54) is 0 Å². The first-order valence-electron chi connectivity index (χ1n) is 6.53. The second-order valence-electron chi connectivity index (χ2n) is 6.05. The molecule has 1 unspecified atom stereocenters. The van der Waals surface area contributed by atoms with Crippen LogP contribution in [-0.4, -0.2) is 29.8 Å². The highest BCUT2D eigenvalue weighted by Crippen LogP contribution is 2.31. The lowest BCUT2D eigenvalue weighted by Crippen LogP contribution is -2.38. The van der Waals surface area contributed by atoms with Crippen molar-refractivity contribution < 1.29 is 4.79 Å². The Hall–Kier alpha value is -0.570. The zero-order valence-corrected chi connectivity index (χ0v) is 13.1. The first kappa shape index (κ1) is 14.8. The molecule has 0 aromatic heterocycles. The van der Waals surface area contributed by atoms with Crippen molar-refractivity contribution in [1.82, 2.24) is 4.90 Å². The van der Waals surface area contributed by atoms with Gasteiger partial charge in [-0.15, -0.1) is 0 Å². The number of nitrogens with zero attached hydrogens (tertiary/aromatic N) is 1. The van der Waals surface area contributed by atoms with Gasteiger partial charge in [0, 0.05) is 17.1 Å². The van der Waals surface area contributed by atoms with E-state index in [0.717, 1.165) is 19.5 Å². The topological polar surface area (TPSA) is 20.3 Å². The first-order valence-corrected chi connectivity index (χ1v) is 7.29. The Kier molecular flexibility index (Phi) is 4.24. The number of likely N-dealkylation sites (tertiary alicyclic amines) is 1. The van der Waals surface area contributed by atoms with Crippen LogP contribution in [0.5, 0.6) is 0 Å². The van der Waals surface area contributed by atoms with E-state index < -0.39 is 0 Å². The largest absolute Gasteiger partial charge is 0.293 e. The fourth-order valence-corrected chi connectivity index (χ4v) is 3.07. The Bertz CT molecular complexity index is 499. The second kappa shape index (κ2) is 5.43. The van der Waals surface area contributed by atoms with Crippen LogP contribution in [0.15, 0.2) is 18.2 Å². The number of hydrogen-bond acceptors (Lipinski definition) is 2. The van der Waals surface area contributed by atoms with Gasteiger partial charge in [0.2, 0.25) is 0 Å². The highest BCUT2D eigenvalue weighted by atomic mass is 35.5. The van der Waals surface area contributed by atoms with Crippen LogP contribution in [0.2, 0.25) is 10.0 Å². The zero-order valence-electron chi connectivity index (χ0n) is 11.5. The number of Topliss-reactive ketones (excluding diaryl/α,β-unsaturated/α-hetero) is 1. The minimum Gasteiger partial charge on any atom is -0.293 e. The van der Waals surface area contributed by atoms with E-state index >= 15 is 0 Å². The third kappa shape index (κ3) is 3.31. The van der Waals surface area contributed by atoms with Gasteiger partial charge in [-0.25, -0.2) is 0 Å². The van der Waals surface area contributed by atoms with Crippen molar-refractivity contribution >= 4 is 29.0 Å². The molecule has 2 nitrogen and oxygen atoms in total. The van der Waals surface area contributed by atoms with Gasteiger partial charge >= 0.3 is 0 Å². The van der Waals surface area contributed by atoms with Crippen molar-refractivity contribution in [3.8, 4) is 0 Å². The monoisotopic (exact) mass is 299 g/mol. The van der Waals surface area contributed by atoms with E-state index in [0.29, 0.717) is 21.0 Å². The van der Waals surface area contributed by atoms with E-state index in [2.05, 4.69) is 18.7 Å². The van der Waals surface area contributed by atoms with E-state index in [9.17, 15) is 4.79 Å². The molecule has 1 aromatic rings. The van der Waals surface area contributed by atoms with Crippen LogP contribution < -0.4 is 0 Å². The van der Waals surface area contributed by atoms with Crippen LogP contribution in [0.25, 0.3) is 0 Å². The molecule has 4 heteroatoms. The summed E-state index contributed by atoms with van der Waals surface area (Å²) in [6, 6.07) is 4.91. The summed E-state index contributed by atoms with van der Waals surface area (Å²) < 4.78 is 0. The maximum atomic E-state index is 12.5. The highest BCUT2D eigenvalue weighted by Gasteiger charge is 2.34. The lowest BCUT2D eigenvalue weighted by molar-refractivity contribution is 0.0857. The molecule has 1 atom stereocenters. The minimum atomic E-state index is -0.138. The Morgan fingerprint density at radius 1 is 1.37 bits per heavy atom. The highest BCUT2D eigenvalue weighted by molar-refractivity contribution is 6.37. The molecule has 19 heavy (non-hydrogen) atoms. The van der Waals surface area contributed by atoms with Gasteiger partial charge in [-0.2, -0.15) is 0 Å². The summed E-state index contributed by atoms with van der Waals surface area (Å²) in [5.74, 6) is 0.0689. The fourth-order valence-electron chi connectivity index (χ4n) is 2.56. The maximum absolute atomic E-state index is 12.5. The standard InChI is InChI=1S/C15H19Cl2NO/c1-10(18-7-6-15(2,3)9-18)14(19)12-5-4-11(16)8-13(12)17/h4-5,8,10H,6-7,9H2,1-3H3. The smallest absolute Gasteiger partial charge is 0.181 e. The van der Waals surface area contributed by atoms with Gasteiger partial charge in [0.1, 0.15) is 0 Å². The molecule has 1 heterocycles. The van der Waals surface area contributed by atoms with Crippen molar-refractivity contribution in [3.05, 3.63) is 33.8 Å². The number of ketones is 1. The summed E-state index contributed by atoms with van der Waals surface area (Å²) in [7, 11) is 0. The lowest BCUT2D eigenvalue weighted by Gasteiger charge is -2.25.